The van der Waals surface area contributed by atoms with Crippen molar-refractivity contribution in [3.8, 4) is 0 Å². The van der Waals surface area contributed by atoms with Crippen molar-refractivity contribution in [1.82, 2.24) is 4.31 Å². The highest BCUT2D eigenvalue weighted by atomic mass is 35.5. The molecule has 0 saturated heterocycles. The van der Waals surface area contributed by atoms with E-state index < -0.39 is 21.8 Å². The average Bonchev–Trinajstić information content (AvgIpc) is 2.34. The minimum atomic E-state index is -3.86. The fourth-order valence-electron chi connectivity index (χ4n) is 1.32. The second-order valence-electron chi connectivity index (χ2n) is 3.73. The maximum absolute atomic E-state index is 12.9. The van der Waals surface area contributed by atoms with Gasteiger partial charge in [0.25, 0.3) is 0 Å². The number of sulfonamides is 1. The number of halogens is 2. The molecule has 1 aromatic carbocycles. The van der Waals surface area contributed by atoms with E-state index in [1.54, 1.807) is 0 Å². The van der Waals surface area contributed by atoms with Crippen LogP contribution in [0.15, 0.2) is 23.1 Å². The normalized spacial score (nSPS) is 11.6. The van der Waals surface area contributed by atoms with Gasteiger partial charge in [0.1, 0.15) is 10.7 Å². The van der Waals surface area contributed by atoms with E-state index in [1.807, 2.05) is 0 Å². The Morgan fingerprint density at radius 3 is 2.63 bits per heavy atom. The smallest absolute Gasteiger partial charge is 0.306 e. The zero-order chi connectivity index (χ0) is 14.6. The topological polar surface area (TPSA) is 63.7 Å². The largest absolute Gasteiger partial charge is 0.469 e. The summed E-state index contributed by atoms with van der Waals surface area (Å²) < 4.78 is 42.5. The summed E-state index contributed by atoms with van der Waals surface area (Å²) in [6, 6.07) is 3.01. The highest BCUT2D eigenvalue weighted by Crippen LogP contribution is 2.24. The van der Waals surface area contributed by atoms with Crippen molar-refractivity contribution in [3.63, 3.8) is 0 Å². The van der Waals surface area contributed by atoms with Crippen molar-refractivity contribution in [3.05, 3.63) is 29.0 Å². The molecule has 106 valence electrons. The van der Waals surface area contributed by atoms with Gasteiger partial charge in [-0.05, 0) is 18.2 Å². The van der Waals surface area contributed by atoms with Crippen molar-refractivity contribution >= 4 is 27.6 Å². The number of hydrogen-bond donors (Lipinski definition) is 0. The number of carbonyl (C=O) groups excluding carboxylic acids is 1. The van der Waals surface area contributed by atoms with Gasteiger partial charge in [0.15, 0.2) is 0 Å². The average molecular weight is 310 g/mol. The molecule has 0 saturated carbocycles. The molecule has 0 aliphatic heterocycles. The molecule has 8 heteroatoms. The van der Waals surface area contributed by atoms with Gasteiger partial charge in [-0.3, -0.25) is 4.79 Å². The van der Waals surface area contributed by atoms with Gasteiger partial charge in [0, 0.05) is 13.6 Å². The highest BCUT2D eigenvalue weighted by Gasteiger charge is 2.24. The molecule has 0 amide bonds. The molecule has 0 spiro atoms. The summed E-state index contributed by atoms with van der Waals surface area (Å²) in [5.41, 5.74) is 0. The number of ether oxygens (including phenoxy) is 1. The molecule has 0 aromatic heterocycles. The predicted octanol–water partition coefficient (Wildman–Crippen LogP) is 1.66. The molecule has 1 aromatic rings. The second kappa shape index (κ2) is 6.31. The Hall–Kier alpha value is -1.18. The molecule has 0 aliphatic carbocycles. The molecule has 19 heavy (non-hydrogen) atoms. The van der Waals surface area contributed by atoms with E-state index in [0.717, 1.165) is 22.5 Å². The first kappa shape index (κ1) is 15.9. The van der Waals surface area contributed by atoms with E-state index in [1.165, 1.54) is 14.2 Å². The molecule has 0 bridgehead atoms. The van der Waals surface area contributed by atoms with Gasteiger partial charge < -0.3 is 4.74 Å². The van der Waals surface area contributed by atoms with Crippen molar-refractivity contribution in [2.45, 2.75) is 11.3 Å². The fourth-order valence-corrected chi connectivity index (χ4v) is 3.00. The lowest BCUT2D eigenvalue weighted by atomic mass is 10.3. The maximum atomic E-state index is 12.9. The highest BCUT2D eigenvalue weighted by molar-refractivity contribution is 7.89. The number of benzene rings is 1. The van der Waals surface area contributed by atoms with Crippen molar-refractivity contribution < 1.29 is 22.3 Å². The van der Waals surface area contributed by atoms with Crippen LogP contribution >= 0.6 is 11.6 Å². The minimum Gasteiger partial charge on any atom is -0.469 e. The minimum absolute atomic E-state index is 0.0529. The zero-order valence-electron chi connectivity index (χ0n) is 10.4. The number of nitrogens with zero attached hydrogens (tertiary/aromatic N) is 1. The lowest BCUT2D eigenvalue weighted by molar-refractivity contribution is -0.140. The third-order valence-corrected chi connectivity index (χ3v) is 4.78. The first-order valence-electron chi connectivity index (χ1n) is 5.27. The Kier molecular flexibility index (Phi) is 5.28. The number of methoxy groups -OCH3 is 1. The number of esters is 1. The lowest BCUT2D eigenvalue weighted by Gasteiger charge is -2.17. The van der Waals surface area contributed by atoms with E-state index in [0.29, 0.717) is 0 Å². The van der Waals surface area contributed by atoms with Crippen LogP contribution in [0.3, 0.4) is 0 Å². The van der Waals surface area contributed by atoms with Crippen LogP contribution in [0.2, 0.25) is 5.02 Å². The van der Waals surface area contributed by atoms with Crippen molar-refractivity contribution in [2.75, 3.05) is 20.7 Å². The summed E-state index contributed by atoms with van der Waals surface area (Å²) in [6.07, 6.45) is -0.0783. The number of carbonyl (C=O) groups is 1. The van der Waals surface area contributed by atoms with Crippen LogP contribution in [0.5, 0.6) is 0 Å². The Bertz CT molecular complexity index is 576. The summed E-state index contributed by atoms with van der Waals surface area (Å²) in [7, 11) is -1.34. The molecule has 0 N–H and O–H groups in total. The van der Waals surface area contributed by atoms with Gasteiger partial charge >= 0.3 is 5.97 Å². The van der Waals surface area contributed by atoms with Gasteiger partial charge in [-0.25, -0.2) is 17.1 Å². The molecular formula is C11H13ClFNO4S. The third kappa shape index (κ3) is 3.89. The van der Waals surface area contributed by atoms with Crippen LogP contribution in [0.4, 0.5) is 4.39 Å². The maximum Gasteiger partial charge on any atom is 0.306 e. The molecule has 0 fully saturated rings. The molecule has 0 heterocycles. The van der Waals surface area contributed by atoms with Crippen molar-refractivity contribution in [2.24, 2.45) is 0 Å². The summed E-state index contributed by atoms with van der Waals surface area (Å²) in [6.45, 7) is -0.0529. The molecule has 0 aliphatic rings. The standard InChI is InChI=1S/C11H13ClFNO4S/c1-14(6-5-11(15)18-2)19(16,17)10-4-3-8(13)7-9(10)12/h3-4,7H,5-6H2,1-2H3. The Balaban J connectivity index is 2.94. The van der Waals surface area contributed by atoms with E-state index >= 15 is 0 Å². The first-order chi connectivity index (χ1) is 8.78. The zero-order valence-corrected chi connectivity index (χ0v) is 12.0. The van der Waals surface area contributed by atoms with E-state index in [9.17, 15) is 17.6 Å². The summed E-state index contributed by atoms with van der Waals surface area (Å²) in [5.74, 6) is -1.14. The van der Waals surface area contributed by atoms with Gasteiger partial charge in [0.2, 0.25) is 10.0 Å². The van der Waals surface area contributed by atoms with Crippen LogP contribution in [0, 0.1) is 5.82 Å². The summed E-state index contributed by atoms with van der Waals surface area (Å²) in [4.78, 5) is 10.8. The van der Waals surface area contributed by atoms with Gasteiger partial charge in [0.05, 0.1) is 18.6 Å². The molecular weight excluding hydrogens is 297 g/mol. The molecule has 0 radical (unpaired) electrons. The van der Waals surface area contributed by atoms with Crippen LogP contribution in [-0.4, -0.2) is 39.4 Å². The van der Waals surface area contributed by atoms with E-state index in [-0.39, 0.29) is 22.9 Å². The number of hydrogen-bond acceptors (Lipinski definition) is 4. The van der Waals surface area contributed by atoms with E-state index in [4.69, 9.17) is 11.6 Å². The van der Waals surface area contributed by atoms with Crippen LogP contribution in [0.25, 0.3) is 0 Å². The predicted molar refractivity (Wildman–Crippen MR) is 67.9 cm³/mol. The van der Waals surface area contributed by atoms with Crippen LogP contribution in [-0.2, 0) is 19.6 Å². The fraction of sp³-hybridized carbons (Fsp3) is 0.364. The molecule has 0 unspecified atom stereocenters. The van der Waals surface area contributed by atoms with Crippen molar-refractivity contribution in [1.29, 1.82) is 0 Å². The van der Waals surface area contributed by atoms with Gasteiger partial charge in [-0.2, -0.15) is 0 Å². The SMILES string of the molecule is COC(=O)CCN(C)S(=O)(=O)c1ccc(F)cc1Cl. The van der Waals surface area contributed by atoms with Gasteiger partial charge in [-0.15, -0.1) is 0 Å². The Morgan fingerprint density at radius 1 is 1.47 bits per heavy atom. The molecule has 0 atom stereocenters. The van der Waals surface area contributed by atoms with Crippen LogP contribution in [0.1, 0.15) is 6.42 Å². The number of rotatable bonds is 5. The summed E-state index contributed by atoms with van der Waals surface area (Å²) in [5, 5.41) is -0.204. The molecule has 5 nitrogen and oxygen atoms in total. The van der Waals surface area contributed by atoms with E-state index in [2.05, 4.69) is 4.74 Å². The third-order valence-electron chi connectivity index (χ3n) is 2.44. The monoisotopic (exact) mass is 309 g/mol. The quantitative estimate of drug-likeness (QED) is 0.776. The van der Waals surface area contributed by atoms with Gasteiger partial charge in [-0.1, -0.05) is 11.6 Å². The summed E-state index contributed by atoms with van der Waals surface area (Å²) >= 11 is 5.71. The molecule has 1 rings (SSSR count). The first-order valence-corrected chi connectivity index (χ1v) is 7.09. The lowest BCUT2D eigenvalue weighted by Crippen LogP contribution is -2.29. The Labute approximate surface area is 116 Å². The Morgan fingerprint density at radius 2 is 2.11 bits per heavy atom. The second-order valence-corrected chi connectivity index (χ2v) is 6.15. The van der Waals surface area contributed by atoms with Crippen LogP contribution < -0.4 is 0 Å².